The van der Waals surface area contributed by atoms with Crippen molar-refractivity contribution in [1.29, 1.82) is 0 Å². The standard InChI is InChI=1S/C19H27N3O4S/c1-14(2)22-17-8-4-3-7-16(17)20-19(22)15-6-5-9-21(12-15)10-11-27(25,26)13-18(23)24/h3-4,7-8,14-15H,5-6,9-13H2,1-2H3,(H,23,24). The van der Waals surface area contributed by atoms with Crippen LogP contribution in [0.4, 0.5) is 0 Å². The molecule has 1 unspecified atom stereocenters. The number of aromatic nitrogens is 2. The fraction of sp³-hybridized carbons (Fsp3) is 0.579. The maximum atomic E-state index is 11.9. The highest BCUT2D eigenvalue weighted by Crippen LogP contribution is 2.31. The van der Waals surface area contributed by atoms with Crippen LogP contribution < -0.4 is 0 Å². The first-order chi connectivity index (χ1) is 12.8. The molecule has 148 valence electrons. The molecule has 1 atom stereocenters. The van der Waals surface area contributed by atoms with Crippen molar-refractivity contribution >= 4 is 26.8 Å². The van der Waals surface area contributed by atoms with E-state index in [1.807, 2.05) is 18.2 Å². The number of carbonyl (C=O) groups is 1. The van der Waals surface area contributed by atoms with Gasteiger partial charge >= 0.3 is 5.97 Å². The summed E-state index contributed by atoms with van der Waals surface area (Å²) in [7, 11) is -3.57. The van der Waals surface area contributed by atoms with Crippen LogP contribution in [0.3, 0.4) is 0 Å². The van der Waals surface area contributed by atoms with Crippen LogP contribution in [-0.4, -0.2) is 65.1 Å². The maximum Gasteiger partial charge on any atom is 0.318 e. The monoisotopic (exact) mass is 393 g/mol. The largest absolute Gasteiger partial charge is 0.480 e. The number of imidazole rings is 1. The summed E-state index contributed by atoms with van der Waals surface area (Å²) in [5.41, 5.74) is 2.12. The van der Waals surface area contributed by atoms with Gasteiger partial charge in [-0.1, -0.05) is 12.1 Å². The van der Waals surface area contributed by atoms with Crippen LogP contribution in [0.25, 0.3) is 11.0 Å². The molecule has 1 fully saturated rings. The molecule has 0 spiro atoms. The number of likely N-dealkylation sites (tertiary alicyclic amines) is 1. The molecule has 1 aromatic heterocycles. The summed E-state index contributed by atoms with van der Waals surface area (Å²) in [5, 5.41) is 8.72. The third-order valence-corrected chi connectivity index (χ3v) is 6.56. The first-order valence-corrected chi connectivity index (χ1v) is 11.2. The lowest BCUT2D eigenvalue weighted by atomic mass is 9.97. The number of piperidine rings is 1. The number of hydrogen-bond acceptors (Lipinski definition) is 5. The van der Waals surface area contributed by atoms with E-state index in [4.69, 9.17) is 10.1 Å². The van der Waals surface area contributed by atoms with Gasteiger partial charge in [0.1, 0.15) is 11.6 Å². The molecule has 1 aliphatic rings. The van der Waals surface area contributed by atoms with Crippen LogP contribution in [0.1, 0.15) is 44.5 Å². The Morgan fingerprint density at radius 2 is 2.07 bits per heavy atom. The Hall–Kier alpha value is -1.93. The Bertz CT molecular complexity index is 920. The Morgan fingerprint density at radius 1 is 1.33 bits per heavy atom. The molecule has 0 amide bonds. The van der Waals surface area contributed by atoms with E-state index in [1.54, 1.807) is 0 Å². The highest BCUT2D eigenvalue weighted by molar-refractivity contribution is 7.92. The second-order valence-electron chi connectivity index (χ2n) is 7.55. The van der Waals surface area contributed by atoms with Crippen molar-refractivity contribution in [3.05, 3.63) is 30.1 Å². The number of carboxylic acid groups (broad SMARTS) is 1. The van der Waals surface area contributed by atoms with Gasteiger partial charge in [-0.15, -0.1) is 0 Å². The van der Waals surface area contributed by atoms with E-state index in [-0.39, 0.29) is 11.7 Å². The second kappa shape index (κ2) is 7.98. The summed E-state index contributed by atoms with van der Waals surface area (Å²) in [6.45, 7) is 6.25. The van der Waals surface area contributed by atoms with Gasteiger partial charge in [0.2, 0.25) is 0 Å². The van der Waals surface area contributed by atoms with Crippen LogP contribution in [0, 0.1) is 0 Å². The smallest absolute Gasteiger partial charge is 0.318 e. The average molecular weight is 394 g/mol. The summed E-state index contributed by atoms with van der Waals surface area (Å²) >= 11 is 0. The predicted molar refractivity (Wildman–Crippen MR) is 105 cm³/mol. The van der Waals surface area contributed by atoms with Crippen molar-refractivity contribution in [2.45, 2.75) is 38.6 Å². The van der Waals surface area contributed by atoms with Gasteiger partial charge in [-0.2, -0.15) is 0 Å². The van der Waals surface area contributed by atoms with Crippen molar-refractivity contribution in [2.24, 2.45) is 0 Å². The molecule has 27 heavy (non-hydrogen) atoms. The SMILES string of the molecule is CC(C)n1c(C2CCCN(CCS(=O)(=O)CC(=O)O)C2)nc2ccccc21. The molecule has 8 heteroatoms. The molecule has 0 aliphatic carbocycles. The summed E-state index contributed by atoms with van der Waals surface area (Å²) in [4.78, 5) is 17.7. The number of rotatable bonds is 7. The van der Waals surface area contributed by atoms with Crippen molar-refractivity contribution in [3.8, 4) is 0 Å². The number of aliphatic carboxylic acids is 1. The fourth-order valence-corrected chi connectivity index (χ4v) is 4.95. The summed E-state index contributed by atoms with van der Waals surface area (Å²) in [6.07, 6.45) is 2.00. The van der Waals surface area contributed by atoms with Crippen LogP contribution >= 0.6 is 0 Å². The van der Waals surface area contributed by atoms with Gasteiger partial charge < -0.3 is 14.6 Å². The van der Waals surface area contributed by atoms with E-state index in [1.165, 1.54) is 0 Å². The highest BCUT2D eigenvalue weighted by atomic mass is 32.2. The second-order valence-corrected chi connectivity index (χ2v) is 9.73. The third kappa shape index (κ3) is 4.68. The Balaban J connectivity index is 1.76. The van der Waals surface area contributed by atoms with Crippen molar-refractivity contribution < 1.29 is 18.3 Å². The fourth-order valence-electron chi connectivity index (χ4n) is 3.89. The maximum absolute atomic E-state index is 11.9. The number of sulfone groups is 1. The molecule has 2 heterocycles. The third-order valence-electron chi connectivity index (χ3n) is 5.07. The molecule has 2 aromatic rings. The van der Waals surface area contributed by atoms with E-state index < -0.39 is 21.6 Å². The summed E-state index contributed by atoms with van der Waals surface area (Å²) in [5.74, 6) is -0.905. The van der Waals surface area contributed by atoms with E-state index in [2.05, 4.69) is 29.4 Å². The van der Waals surface area contributed by atoms with Gasteiger partial charge in [0, 0.05) is 25.0 Å². The number of hydrogen-bond donors (Lipinski definition) is 1. The lowest BCUT2D eigenvalue weighted by Gasteiger charge is -2.33. The van der Waals surface area contributed by atoms with E-state index >= 15 is 0 Å². The van der Waals surface area contributed by atoms with Gasteiger partial charge in [-0.05, 0) is 45.4 Å². The molecular weight excluding hydrogens is 366 g/mol. The van der Waals surface area contributed by atoms with Gasteiger partial charge in [-0.25, -0.2) is 13.4 Å². The minimum atomic E-state index is -3.57. The summed E-state index contributed by atoms with van der Waals surface area (Å²) in [6, 6.07) is 8.41. The van der Waals surface area contributed by atoms with Crippen LogP contribution in [0.5, 0.6) is 0 Å². The number of benzene rings is 1. The predicted octanol–water partition coefficient (Wildman–Crippen LogP) is 2.30. The van der Waals surface area contributed by atoms with Crippen LogP contribution in [-0.2, 0) is 14.6 Å². The lowest BCUT2D eigenvalue weighted by molar-refractivity contribution is -0.134. The highest BCUT2D eigenvalue weighted by Gasteiger charge is 2.28. The number of nitrogens with zero attached hydrogens (tertiary/aromatic N) is 3. The summed E-state index contributed by atoms with van der Waals surface area (Å²) < 4.78 is 26.0. The first-order valence-electron chi connectivity index (χ1n) is 9.38. The first kappa shape index (κ1) is 19.8. The van der Waals surface area contributed by atoms with Crippen molar-refractivity contribution in [2.75, 3.05) is 31.1 Å². The van der Waals surface area contributed by atoms with Gasteiger partial charge in [0.15, 0.2) is 9.84 Å². The Labute approximate surface area is 159 Å². The minimum absolute atomic E-state index is 0.118. The van der Waals surface area contributed by atoms with E-state index in [9.17, 15) is 13.2 Å². The molecule has 0 saturated carbocycles. The zero-order chi connectivity index (χ0) is 19.6. The average Bonchev–Trinajstić information content (AvgIpc) is 2.99. The van der Waals surface area contributed by atoms with Gasteiger partial charge in [0.05, 0.1) is 16.8 Å². The molecule has 7 nitrogen and oxygen atoms in total. The topological polar surface area (TPSA) is 92.5 Å². The van der Waals surface area contributed by atoms with Crippen molar-refractivity contribution in [1.82, 2.24) is 14.5 Å². The lowest BCUT2D eigenvalue weighted by Crippen LogP contribution is -2.39. The van der Waals surface area contributed by atoms with Gasteiger partial charge in [0.25, 0.3) is 0 Å². The van der Waals surface area contributed by atoms with E-state index in [0.29, 0.717) is 12.6 Å². The van der Waals surface area contributed by atoms with Crippen LogP contribution in [0.2, 0.25) is 0 Å². The zero-order valence-electron chi connectivity index (χ0n) is 15.8. The zero-order valence-corrected chi connectivity index (χ0v) is 16.7. The molecule has 1 saturated heterocycles. The van der Waals surface area contributed by atoms with Crippen molar-refractivity contribution in [3.63, 3.8) is 0 Å². The normalized spacial score (nSPS) is 19.0. The molecule has 3 rings (SSSR count). The number of para-hydroxylation sites is 2. The molecule has 1 aliphatic heterocycles. The molecule has 1 aromatic carbocycles. The Kier molecular flexibility index (Phi) is 5.86. The molecule has 0 radical (unpaired) electrons. The van der Waals surface area contributed by atoms with Gasteiger partial charge in [-0.3, -0.25) is 4.79 Å². The number of fused-ring (bicyclic) bond motifs is 1. The minimum Gasteiger partial charge on any atom is -0.480 e. The van der Waals surface area contributed by atoms with E-state index in [0.717, 1.165) is 42.8 Å². The quantitative estimate of drug-likeness (QED) is 0.776. The Morgan fingerprint density at radius 3 is 2.78 bits per heavy atom. The molecule has 0 bridgehead atoms. The molecule has 1 N–H and O–H groups in total. The molecular formula is C19H27N3O4S. The van der Waals surface area contributed by atoms with Crippen LogP contribution in [0.15, 0.2) is 24.3 Å². The number of carboxylic acids is 1.